The molecule has 3 rings (SSSR count). The van der Waals surface area contributed by atoms with Crippen LogP contribution in [-0.2, 0) is 12.8 Å². The van der Waals surface area contributed by atoms with E-state index in [4.69, 9.17) is 11.6 Å². The normalized spacial score (nSPS) is 19.1. The summed E-state index contributed by atoms with van der Waals surface area (Å²) in [4.78, 5) is 5.87. The Labute approximate surface area is 109 Å². The molecule has 1 aromatic carbocycles. The lowest BCUT2D eigenvalue weighted by molar-refractivity contribution is 0.159. The highest BCUT2D eigenvalue weighted by atomic mass is 35.5. The van der Waals surface area contributed by atoms with Crippen molar-refractivity contribution in [3.63, 3.8) is 0 Å². The van der Waals surface area contributed by atoms with Gasteiger partial charge in [-0.3, -0.25) is 0 Å². The number of halogens is 1. The Morgan fingerprint density at radius 3 is 3.12 bits per heavy atom. The molecule has 1 aliphatic rings. The molecule has 0 amide bonds. The summed E-state index contributed by atoms with van der Waals surface area (Å²) in [6, 6.07) is 7.75. The molecule has 0 radical (unpaired) electrons. The summed E-state index contributed by atoms with van der Waals surface area (Å²) in [5.74, 6) is 0. The molecule has 1 heterocycles. The van der Waals surface area contributed by atoms with Crippen molar-refractivity contribution in [3.8, 4) is 10.6 Å². The molecule has 1 aliphatic carbocycles. The number of aromatic nitrogens is 1. The molecule has 0 bridgehead atoms. The standard InChI is InChI=1S/C13H12ClNOS/c14-9-3-1-2-8(6-9)13-15-11-5-4-10(16)7-12(11)17-13/h1-3,6,10,16H,4-5,7H2. The van der Waals surface area contributed by atoms with Crippen molar-refractivity contribution in [2.45, 2.75) is 25.4 Å². The molecule has 88 valence electrons. The molecule has 4 heteroatoms. The molecule has 0 saturated heterocycles. The molecule has 1 N–H and O–H groups in total. The highest BCUT2D eigenvalue weighted by Crippen LogP contribution is 2.33. The van der Waals surface area contributed by atoms with Gasteiger partial charge in [0, 0.05) is 21.9 Å². The molecule has 0 spiro atoms. The maximum Gasteiger partial charge on any atom is 0.123 e. The molecule has 2 aromatic rings. The molecule has 0 saturated carbocycles. The average molecular weight is 266 g/mol. The minimum Gasteiger partial charge on any atom is -0.393 e. The summed E-state index contributed by atoms with van der Waals surface area (Å²) in [7, 11) is 0. The maximum atomic E-state index is 9.64. The van der Waals surface area contributed by atoms with Crippen molar-refractivity contribution < 1.29 is 5.11 Å². The first-order valence-electron chi connectivity index (χ1n) is 5.65. The van der Waals surface area contributed by atoms with E-state index in [1.165, 1.54) is 4.88 Å². The summed E-state index contributed by atoms with van der Waals surface area (Å²) < 4.78 is 0. The third kappa shape index (κ3) is 2.23. The van der Waals surface area contributed by atoms with E-state index in [9.17, 15) is 5.11 Å². The minimum atomic E-state index is -0.199. The lowest BCUT2D eigenvalue weighted by Gasteiger charge is -2.14. The highest BCUT2D eigenvalue weighted by Gasteiger charge is 2.21. The van der Waals surface area contributed by atoms with Crippen molar-refractivity contribution >= 4 is 22.9 Å². The Kier molecular flexibility index (Phi) is 2.90. The zero-order valence-electron chi connectivity index (χ0n) is 9.19. The molecule has 17 heavy (non-hydrogen) atoms. The second kappa shape index (κ2) is 4.41. The first-order chi connectivity index (χ1) is 8.22. The number of nitrogens with zero attached hydrogens (tertiary/aromatic N) is 1. The summed E-state index contributed by atoms with van der Waals surface area (Å²) >= 11 is 7.65. The molecule has 1 atom stereocenters. The van der Waals surface area contributed by atoms with Gasteiger partial charge in [0.1, 0.15) is 5.01 Å². The van der Waals surface area contributed by atoms with Gasteiger partial charge in [0.05, 0.1) is 11.8 Å². The maximum absolute atomic E-state index is 9.64. The Hall–Kier alpha value is -0.900. The molecule has 0 fully saturated rings. The molecular weight excluding hydrogens is 254 g/mol. The van der Waals surface area contributed by atoms with E-state index < -0.39 is 0 Å². The van der Waals surface area contributed by atoms with E-state index in [-0.39, 0.29) is 6.10 Å². The van der Waals surface area contributed by atoms with E-state index in [0.29, 0.717) is 0 Å². The molecule has 1 unspecified atom stereocenters. The number of aliphatic hydroxyl groups excluding tert-OH is 1. The molecule has 1 aromatic heterocycles. The van der Waals surface area contributed by atoms with Crippen LogP contribution < -0.4 is 0 Å². The van der Waals surface area contributed by atoms with E-state index in [1.54, 1.807) is 11.3 Å². The molecular formula is C13H12ClNOS. The first-order valence-corrected chi connectivity index (χ1v) is 6.84. The van der Waals surface area contributed by atoms with Crippen LogP contribution in [0.5, 0.6) is 0 Å². The Balaban J connectivity index is 2.00. The van der Waals surface area contributed by atoms with Crippen LogP contribution in [0.2, 0.25) is 5.02 Å². The van der Waals surface area contributed by atoms with Crippen LogP contribution in [0.4, 0.5) is 0 Å². The number of benzene rings is 1. The fraction of sp³-hybridized carbons (Fsp3) is 0.308. The number of hydrogen-bond acceptors (Lipinski definition) is 3. The van der Waals surface area contributed by atoms with Crippen LogP contribution in [0.1, 0.15) is 17.0 Å². The summed E-state index contributed by atoms with van der Waals surface area (Å²) in [6.45, 7) is 0. The van der Waals surface area contributed by atoms with Crippen molar-refractivity contribution in [1.29, 1.82) is 0 Å². The van der Waals surface area contributed by atoms with Crippen LogP contribution in [-0.4, -0.2) is 16.2 Å². The third-order valence-electron chi connectivity index (χ3n) is 2.99. The van der Waals surface area contributed by atoms with Crippen molar-refractivity contribution in [2.24, 2.45) is 0 Å². The Morgan fingerprint density at radius 1 is 1.41 bits per heavy atom. The van der Waals surface area contributed by atoms with Crippen molar-refractivity contribution in [2.75, 3.05) is 0 Å². The van der Waals surface area contributed by atoms with E-state index >= 15 is 0 Å². The van der Waals surface area contributed by atoms with Gasteiger partial charge in [-0.25, -0.2) is 4.98 Å². The van der Waals surface area contributed by atoms with Crippen LogP contribution in [0.25, 0.3) is 10.6 Å². The van der Waals surface area contributed by atoms with Gasteiger partial charge in [-0.1, -0.05) is 23.7 Å². The van der Waals surface area contributed by atoms with Gasteiger partial charge in [-0.15, -0.1) is 11.3 Å². The van der Waals surface area contributed by atoms with Gasteiger partial charge in [0.25, 0.3) is 0 Å². The van der Waals surface area contributed by atoms with Crippen LogP contribution in [0, 0.1) is 0 Å². The number of fused-ring (bicyclic) bond motifs is 1. The van der Waals surface area contributed by atoms with Gasteiger partial charge < -0.3 is 5.11 Å². The zero-order valence-corrected chi connectivity index (χ0v) is 10.8. The summed E-state index contributed by atoms with van der Waals surface area (Å²) in [6.07, 6.45) is 2.25. The van der Waals surface area contributed by atoms with Crippen LogP contribution in [0.3, 0.4) is 0 Å². The Bertz CT molecular complexity index is 552. The number of aryl methyl sites for hydroxylation is 1. The van der Waals surface area contributed by atoms with Crippen LogP contribution >= 0.6 is 22.9 Å². The largest absolute Gasteiger partial charge is 0.393 e. The Morgan fingerprint density at radius 2 is 2.29 bits per heavy atom. The number of rotatable bonds is 1. The number of hydrogen-bond donors (Lipinski definition) is 1. The number of aliphatic hydroxyl groups is 1. The minimum absolute atomic E-state index is 0.199. The lowest BCUT2D eigenvalue weighted by Crippen LogP contribution is -2.17. The van der Waals surface area contributed by atoms with E-state index in [1.807, 2.05) is 24.3 Å². The second-order valence-corrected chi connectivity index (χ2v) is 5.82. The predicted molar refractivity (Wildman–Crippen MR) is 70.6 cm³/mol. The predicted octanol–water partition coefficient (Wildman–Crippen LogP) is 3.31. The van der Waals surface area contributed by atoms with Crippen molar-refractivity contribution in [3.05, 3.63) is 39.9 Å². The quantitative estimate of drug-likeness (QED) is 0.858. The highest BCUT2D eigenvalue weighted by molar-refractivity contribution is 7.15. The molecule has 0 aliphatic heterocycles. The second-order valence-electron chi connectivity index (χ2n) is 4.30. The van der Waals surface area contributed by atoms with Gasteiger partial charge in [-0.05, 0) is 25.0 Å². The first kappa shape index (κ1) is 11.2. The SMILES string of the molecule is OC1CCc2nc(-c3cccc(Cl)c3)sc2C1. The van der Waals surface area contributed by atoms with Gasteiger partial charge >= 0.3 is 0 Å². The summed E-state index contributed by atoms with van der Waals surface area (Å²) in [5, 5.41) is 11.4. The monoisotopic (exact) mass is 265 g/mol. The van der Waals surface area contributed by atoms with Gasteiger partial charge in [0.2, 0.25) is 0 Å². The zero-order chi connectivity index (χ0) is 11.8. The fourth-order valence-corrected chi connectivity index (χ4v) is 3.47. The topological polar surface area (TPSA) is 33.1 Å². The van der Waals surface area contributed by atoms with Crippen LogP contribution in [0.15, 0.2) is 24.3 Å². The van der Waals surface area contributed by atoms with E-state index in [0.717, 1.165) is 40.6 Å². The average Bonchev–Trinajstić information content (AvgIpc) is 2.72. The van der Waals surface area contributed by atoms with Gasteiger partial charge in [0.15, 0.2) is 0 Å². The fourth-order valence-electron chi connectivity index (χ4n) is 2.10. The van der Waals surface area contributed by atoms with Crippen molar-refractivity contribution in [1.82, 2.24) is 4.98 Å². The molecule has 2 nitrogen and oxygen atoms in total. The summed E-state index contributed by atoms with van der Waals surface area (Å²) in [5.41, 5.74) is 2.21. The smallest absolute Gasteiger partial charge is 0.123 e. The van der Waals surface area contributed by atoms with Gasteiger partial charge in [-0.2, -0.15) is 0 Å². The third-order valence-corrected chi connectivity index (χ3v) is 4.39. The lowest BCUT2D eigenvalue weighted by atomic mass is 10.0. The van der Waals surface area contributed by atoms with E-state index in [2.05, 4.69) is 4.98 Å². The number of thiazole rings is 1.